The Kier molecular flexibility index (Phi) is 5.44. The van der Waals surface area contributed by atoms with Gasteiger partial charge < -0.3 is 14.7 Å². The predicted octanol–water partition coefficient (Wildman–Crippen LogP) is 2.89. The van der Waals surface area contributed by atoms with Gasteiger partial charge in [0.05, 0.1) is 13.2 Å². The van der Waals surface area contributed by atoms with E-state index < -0.39 is 0 Å². The topological polar surface area (TPSA) is 32.7 Å². The Morgan fingerprint density at radius 3 is 2.40 bits per heavy atom. The van der Waals surface area contributed by atoms with E-state index in [0.717, 1.165) is 31.6 Å². The van der Waals surface area contributed by atoms with Crippen LogP contribution in [0, 0.1) is 5.92 Å². The number of nitrogens with zero attached hydrogens (tertiary/aromatic N) is 1. The van der Waals surface area contributed by atoms with E-state index >= 15 is 0 Å². The Bertz CT molecular complexity index is 402. The monoisotopic (exact) mass is 277 g/mol. The molecule has 1 aliphatic rings. The average molecular weight is 277 g/mol. The van der Waals surface area contributed by atoms with Gasteiger partial charge in [-0.25, -0.2) is 0 Å². The molecule has 0 saturated heterocycles. The SMILES string of the molecule is COc1ccc(C(CN(C)C)C2CCCCC2O)cc1. The van der Waals surface area contributed by atoms with Gasteiger partial charge in [0.1, 0.15) is 5.75 Å². The van der Waals surface area contributed by atoms with Gasteiger partial charge in [-0.05, 0) is 50.6 Å². The number of rotatable bonds is 5. The summed E-state index contributed by atoms with van der Waals surface area (Å²) in [6, 6.07) is 8.34. The molecule has 0 aliphatic heterocycles. The lowest BCUT2D eigenvalue weighted by Crippen LogP contribution is -2.35. The third-order valence-electron chi connectivity index (χ3n) is 4.40. The van der Waals surface area contributed by atoms with Crippen LogP contribution in [0.3, 0.4) is 0 Å². The summed E-state index contributed by atoms with van der Waals surface area (Å²) in [5, 5.41) is 10.4. The maximum Gasteiger partial charge on any atom is 0.118 e. The Hall–Kier alpha value is -1.06. The highest BCUT2D eigenvalue weighted by atomic mass is 16.5. The smallest absolute Gasteiger partial charge is 0.118 e. The maximum absolute atomic E-state index is 10.4. The minimum absolute atomic E-state index is 0.157. The minimum atomic E-state index is -0.157. The zero-order valence-electron chi connectivity index (χ0n) is 12.9. The first-order valence-electron chi connectivity index (χ1n) is 7.58. The molecule has 1 saturated carbocycles. The van der Waals surface area contributed by atoms with Crippen LogP contribution in [0.1, 0.15) is 37.2 Å². The second-order valence-electron chi connectivity index (χ2n) is 6.16. The molecule has 1 N–H and O–H groups in total. The number of ether oxygens (including phenoxy) is 1. The van der Waals surface area contributed by atoms with Crippen LogP contribution >= 0.6 is 0 Å². The van der Waals surface area contributed by atoms with Crippen molar-refractivity contribution in [2.24, 2.45) is 5.92 Å². The second-order valence-corrected chi connectivity index (χ2v) is 6.16. The van der Waals surface area contributed by atoms with Gasteiger partial charge in [0.25, 0.3) is 0 Å². The predicted molar refractivity (Wildman–Crippen MR) is 82.3 cm³/mol. The molecule has 0 amide bonds. The lowest BCUT2D eigenvalue weighted by Gasteiger charge is -2.36. The van der Waals surface area contributed by atoms with E-state index in [1.54, 1.807) is 7.11 Å². The zero-order chi connectivity index (χ0) is 14.5. The van der Waals surface area contributed by atoms with Crippen molar-refractivity contribution < 1.29 is 9.84 Å². The molecule has 0 radical (unpaired) electrons. The van der Waals surface area contributed by atoms with Gasteiger partial charge in [-0.15, -0.1) is 0 Å². The van der Waals surface area contributed by atoms with Crippen molar-refractivity contribution in [2.75, 3.05) is 27.7 Å². The van der Waals surface area contributed by atoms with Gasteiger partial charge >= 0.3 is 0 Å². The summed E-state index contributed by atoms with van der Waals surface area (Å²) in [6.45, 7) is 0.980. The summed E-state index contributed by atoms with van der Waals surface area (Å²) < 4.78 is 5.24. The minimum Gasteiger partial charge on any atom is -0.497 e. The molecule has 1 aromatic rings. The van der Waals surface area contributed by atoms with Crippen molar-refractivity contribution in [3.8, 4) is 5.75 Å². The molecule has 1 aromatic carbocycles. The van der Waals surface area contributed by atoms with Crippen molar-refractivity contribution in [3.05, 3.63) is 29.8 Å². The maximum atomic E-state index is 10.4. The first-order valence-corrected chi connectivity index (χ1v) is 7.58. The number of hydrogen-bond donors (Lipinski definition) is 1. The molecule has 112 valence electrons. The van der Waals surface area contributed by atoms with Crippen molar-refractivity contribution in [1.82, 2.24) is 4.90 Å². The summed E-state index contributed by atoms with van der Waals surface area (Å²) in [6.07, 6.45) is 4.32. The fourth-order valence-corrected chi connectivity index (χ4v) is 3.34. The lowest BCUT2D eigenvalue weighted by atomic mass is 9.75. The largest absolute Gasteiger partial charge is 0.497 e. The highest BCUT2D eigenvalue weighted by Gasteiger charge is 2.31. The zero-order valence-corrected chi connectivity index (χ0v) is 12.9. The highest BCUT2D eigenvalue weighted by Crippen LogP contribution is 2.37. The molecular weight excluding hydrogens is 250 g/mol. The molecule has 1 fully saturated rings. The summed E-state index contributed by atoms with van der Waals surface area (Å²) in [7, 11) is 5.90. The summed E-state index contributed by atoms with van der Waals surface area (Å²) in [5.41, 5.74) is 1.31. The van der Waals surface area contributed by atoms with Crippen LogP contribution in [0.5, 0.6) is 5.75 Å². The Labute approximate surface area is 122 Å². The van der Waals surface area contributed by atoms with Crippen LogP contribution in [0.25, 0.3) is 0 Å². The van der Waals surface area contributed by atoms with E-state index in [9.17, 15) is 5.11 Å². The number of hydrogen-bond acceptors (Lipinski definition) is 3. The molecule has 3 atom stereocenters. The Balaban J connectivity index is 2.20. The molecule has 0 heterocycles. The van der Waals surface area contributed by atoms with Gasteiger partial charge in [-0.3, -0.25) is 0 Å². The van der Waals surface area contributed by atoms with E-state index in [-0.39, 0.29) is 6.10 Å². The second kappa shape index (κ2) is 7.09. The van der Waals surface area contributed by atoms with Crippen LogP contribution in [-0.4, -0.2) is 43.9 Å². The van der Waals surface area contributed by atoms with E-state index in [1.807, 2.05) is 12.1 Å². The average Bonchev–Trinajstić information content (AvgIpc) is 2.46. The first kappa shape index (κ1) is 15.3. The first-order chi connectivity index (χ1) is 9.61. The lowest BCUT2D eigenvalue weighted by molar-refractivity contribution is 0.0494. The number of likely N-dealkylation sites (N-methyl/N-ethyl adjacent to an activating group) is 1. The normalized spacial score (nSPS) is 24.6. The number of aliphatic hydroxyl groups is 1. The Morgan fingerprint density at radius 1 is 1.20 bits per heavy atom. The molecule has 1 aliphatic carbocycles. The van der Waals surface area contributed by atoms with Crippen molar-refractivity contribution in [2.45, 2.75) is 37.7 Å². The van der Waals surface area contributed by atoms with Crippen LogP contribution in [0.15, 0.2) is 24.3 Å². The number of aliphatic hydroxyl groups excluding tert-OH is 1. The molecule has 0 aromatic heterocycles. The Morgan fingerprint density at radius 2 is 1.85 bits per heavy atom. The fraction of sp³-hybridized carbons (Fsp3) is 0.647. The molecule has 0 spiro atoms. The van der Waals surface area contributed by atoms with Crippen LogP contribution in [0.2, 0.25) is 0 Å². The quantitative estimate of drug-likeness (QED) is 0.898. The van der Waals surface area contributed by atoms with E-state index in [2.05, 4.69) is 31.1 Å². The van der Waals surface area contributed by atoms with Crippen molar-refractivity contribution in [3.63, 3.8) is 0 Å². The van der Waals surface area contributed by atoms with Crippen LogP contribution < -0.4 is 4.74 Å². The molecule has 0 bridgehead atoms. The molecule has 3 unspecified atom stereocenters. The molecule has 20 heavy (non-hydrogen) atoms. The summed E-state index contributed by atoms with van der Waals surface area (Å²) in [4.78, 5) is 2.22. The van der Waals surface area contributed by atoms with E-state index in [1.165, 1.54) is 12.0 Å². The van der Waals surface area contributed by atoms with E-state index in [4.69, 9.17) is 4.74 Å². The summed E-state index contributed by atoms with van der Waals surface area (Å²) in [5.74, 6) is 1.66. The van der Waals surface area contributed by atoms with Gasteiger partial charge in [0, 0.05) is 12.5 Å². The standard InChI is InChI=1S/C17H27NO2/c1-18(2)12-16(15-6-4-5-7-17(15)19)13-8-10-14(20-3)11-9-13/h8-11,15-17,19H,4-7,12H2,1-3H3. The third-order valence-corrected chi connectivity index (χ3v) is 4.40. The van der Waals surface area contributed by atoms with Gasteiger partial charge in [0.15, 0.2) is 0 Å². The van der Waals surface area contributed by atoms with Crippen LogP contribution in [-0.2, 0) is 0 Å². The van der Waals surface area contributed by atoms with Gasteiger partial charge in [-0.2, -0.15) is 0 Å². The molecule has 2 rings (SSSR count). The molecular formula is C17H27NO2. The number of methoxy groups -OCH3 is 1. The van der Waals surface area contributed by atoms with Gasteiger partial charge in [-0.1, -0.05) is 25.0 Å². The molecule has 3 heteroatoms. The van der Waals surface area contributed by atoms with Crippen molar-refractivity contribution in [1.29, 1.82) is 0 Å². The van der Waals surface area contributed by atoms with Crippen molar-refractivity contribution >= 4 is 0 Å². The number of benzene rings is 1. The van der Waals surface area contributed by atoms with Gasteiger partial charge in [0.2, 0.25) is 0 Å². The highest BCUT2D eigenvalue weighted by molar-refractivity contribution is 5.30. The van der Waals surface area contributed by atoms with E-state index in [0.29, 0.717) is 11.8 Å². The molecule has 3 nitrogen and oxygen atoms in total. The fourth-order valence-electron chi connectivity index (χ4n) is 3.34. The third kappa shape index (κ3) is 3.74. The summed E-state index contributed by atoms with van der Waals surface area (Å²) >= 11 is 0. The van der Waals surface area contributed by atoms with Crippen LogP contribution in [0.4, 0.5) is 0 Å².